The van der Waals surface area contributed by atoms with E-state index >= 15 is 0 Å². The van der Waals surface area contributed by atoms with Gasteiger partial charge in [-0.1, -0.05) is 18.2 Å². The van der Waals surface area contributed by atoms with Gasteiger partial charge >= 0.3 is 0 Å². The molecule has 0 amide bonds. The molecule has 1 aromatic carbocycles. The van der Waals surface area contributed by atoms with Crippen LogP contribution in [0.2, 0.25) is 0 Å². The van der Waals surface area contributed by atoms with E-state index in [-0.39, 0.29) is 0 Å². The van der Waals surface area contributed by atoms with Crippen molar-refractivity contribution in [2.45, 2.75) is 6.92 Å². The standard InChI is InChI=1S/C15H11N3S/c1-9-6-7-16-15-13(9)17-14(18-15)11-8-19-12-5-3-2-4-10(11)12/h2-8H,1H3,(H,16,17,18). The SMILES string of the molecule is Cc1ccnc2nc(-c3csc4ccccc34)[nH]c12. The van der Waals surface area contributed by atoms with Crippen molar-refractivity contribution in [3.63, 3.8) is 0 Å². The summed E-state index contributed by atoms with van der Waals surface area (Å²) < 4.78 is 1.28. The quantitative estimate of drug-likeness (QED) is 0.561. The molecule has 0 unspecified atom stereocenters. The minimum absolute atomic E-state index is 0.783. The molecule has 0 radical (unpaired) electrons. The number of aryl methyl sites for hydroxylation is 1. The third-order valence-electron chi connectivity index (χ3n) is 3.34. The van der Waals surface area contributed by atoms with Crippen LogP contribution in [-0.4, -0.2) is 15.0 Å². The van der Waals surface area contributed by atoms with Crippen molar-refractivity contribution in [2.24, 2.45) is 0 Å². The van der Waals surface area contributed by atoms with Gasteiger partial charge in [0.25, 0.3) is 0 Å². The van der Waals surface area contributed by atoms with Crippen molar-refractivity contribution in [1.82, 2.24) is 15.0 Å². The Morgan fingerprint density at radius 3 is 2.95 bits per heavy atom. The fourth-order valence-electron chi connectivity index (χ4n) is 2.32. The van der Waals surface area contributed by atoms with Crippen LogP contribution in [0.1, 0.15) is 5.56 Å². The summed E-state index contributed by atoms with van der Waals surface area (Å²) >= 11 is 1.74. The number of rotatable bonds is 1. The van der Waals surface area contributed by atoms with Gasteiger partial charge in [0.15, 0.2) is 5.65 Å². The number of hydrogen-bond donors (Lipinski definition) is 1. The van der Waals surface area contributed by atoms with E-state index in [0.29, 0.717) is 0 Å². The maximum absolute atomic E-state index is 4.61. The van der Waals surface area contributed by atoms with Crippen molar-refractivity contribution in [1.29, 1.82) is 0 Å². The molecule has 0 saturated carbocycles. The maximum Gasteiger partial charge on any atom is 0.178 e. The zero-order valence-corrected chi connectivity index (χ0v) is 11.2. The summed E-state index contributed by atoms with van der Waals surface area (Å²) in [7, 11) is 0. The van der Waals surface area contributed by atoms with Crippen molar-refractivity contribution >= 4 is 32.6 Å². The largest absolute Gasteiger partial charge is 0.336 e. The minimum atomic E-state index is 0.783. The molecule has 4 aromatic rings. The Kier molecular flexibility index (Phi) is 2.19. The zero-order valence-electron chi connectivity index (χ0n) is 10.3. The number of hydrogen-bond acceptors (Lipinski definition) is 3. The van der Waals surface area contributed by atoms with E-state index in [2.05, 4.69) is 51.5 Å². The summed E-state index contributed by atoms with van der Waals surface area (Å²) in [5, 5.41) is 3.39. The lowest BCUT2D eigenvalue weighted by molar-refractivity contribution is 1.30. The van der Waals surface area contributed by atoms with E-state index in [4.69, 9.17) is 0 Å². The Labute approximate surface area is 114 Å². The Bertz CT molecular complexity index is 889. The first-order chi connectivity index (χ1) is 9.33. The van der Waals surface area contributed by atoms with Crippen LogP contribution >= 0.6 is 11.3 Å². The van der Waals surface area contributed by atoms with Gasteiger partial charge in [-0.2, -0.15) is 0 Å². The molecule has 92 valence electrons. The number of nitrogens with zero attached hydrogens (tertiary/aromatic N) is 2. The van der Waals surface area contributed by atoms with Crippen LogP contribution in [0.25, 0.3) is 32.6 Å². The van der Waals surface area contributed by atoms with Crippen LogP contribution in [0.3, 0.4) is 0 Å². The third kappa shape index (κ3) is 1.57. The molecule has 0 aliphatic rings. The highest BCUT2D eigenvalue weighted by Gasteiger charge is 2.11. The monoisotopic (exact) mass is 265 g/mol. The van der Waals surface area contributed by atoms with Crippen LogP contribution in [0.5, 0.6) is 0 Å². The lowest BCUT2D eigenvalue weighted by Crippen LogP contribution is -1.78. The number of nitrogens with one attached hydrogen (secondary N) is 1. The van der Waals surface area contributed by atoms with Gasteiger partial charge in [-0.15, -0.1) is 11.3 Å². The fraction of sp³-hybridized carbons (Fsp3) is 0.0667. The summed E-state index contributed by atoms with van der Waals surface area (Å²) in [5.74, 6) is 0.897. The summed E-state index contributed by atoms with van der Waals surface area (Å²) in [6, 6.07) is 10.4. The molecule has 4 rings (SSSR count). The Morgan fingerprint density at radius 1 is 1.16 bits per heavy atom. The molecule has 0 aliphatic carbocycles. The van der Waals surface area contributed by atoms with Gasteiger partial charge < -0.3 is 4.98 Å². The summed E-state index contributed by atoms with van der Waals surface area (Å²) in [6.45, 7) is 2.07. The fourth-order valence-corrected chi connectivity index (χ4v) is 3.27. The van der Waals surface area contributed by atoms with Crippen molar-refractivity contribution in [3.8, 4) is 11.4 Å². The average molecular weight is 265 g/mol. The number of H-pyrrole nitrogens is 1. The van der Waals surface area contributed by atoms with Crippen LogP contribution in [0, 0.1) is 6.92 Å². The smallest absolute Gasteiger partial charge is 0.178 e. The number of aromatic amines is 1. The highest BCUT2D eigenvalue weighted by molar-refractivity contribution is 7.17. The van der Waals surface area contributed by atoms with E-state index in [0.717, 1.165) is 22.6 Å². The molecular weight excluding hydrogens is 254 g/mol. The van der Waals surface area contributed by atoms with Gasteiger partial charge in [-0.05, 0) is 24.6 Å². The van der Waals surface area contributed by atoms with Crippen molar-refractivity contribution in [2.75, 3.05) is 0 Å². The Balaban J connectivity index is 2.02. The highest BCUT2D eigenvalue weighted by Crippen LogP contribution is 2.33. The molecule has 0 atom stereocenters. The Morgan fingerprint density at radius 2 is 2.05 bits per heavy atom. The second-order valence-corrected chi connectivity index (χ2v) is 5.47. The summed E-state index contributed by atoms with van der Waals surface area (Å²) in [6.07, 6.45) is 1.80. The number of aromatic nitrogens is 3. The number of pyridine rings is 1. The van der Waals surface area contributed by atoms with Gasteiger partial charge in [0.2, 0.25) is 0 Å². The molecule has 0 fully saturated rings. The number of thiophene rings is 1. The molecule has 4 heteroatoms. The highest BCUT2D eigenvalue weighted by atomic mass is 32.1. The lowest BCUT2D eigenvalue weighted by atomic mass is 10.2. The molecule has 3 aromatic heterocycles. The predicted molar refractivity (Wildman–Crippen MR) is 79.4 cm³/mol. The number of benzene rings is 1. The molecule has 0 bridgehead atoms. The molecule has 0 spiro atoms. The van der Waals surface area contributed by atoms with E-state index in [1.807, 2.05) is 6.07 Å². The molecule has 0 saturated heterocycles. The molecular formula is C15H11N3S. The predicted octanol–water partition coefficient (Wildman–Crippen LogP) is 4.15. The summed E-state index contributed by atoms with van der Waals surface area (Å²) in [5.41, 5.74) is 4.12. The van der Waals surface area contributed by atoms with Crippen LogP contribution in [0.15, 0.2) is 41.9 Å². The number of imidazole rings is 1. The first kappa shape index (κ1) is 10.7. The minimum Gasteiger partial charge on any atom is -0.336 e. The molecule has 3 nitrogen and oxygen atoms in total. The van der Waals surface area contributed by atoms with Gasteiger partial charge in [0.05, 0.1) is 5.52 Å². The van der Waals surface area contributed by atoms with Gasteiger partial charge in [0, 0.05) is 27.2 Å². The van der Waals surface area contributed by atoms with E-state index < -0.39 is 0 Å². The van der Waals surface area contributed by atoms with Crippen molar-refractivity contribution in [3.05, 3.63) is 47.5 Å². The van der Waals surface area contributed by atoms with Gasteiger partial charge in [-0.3, -0.25) is 0 Å². The second kappa shape index (κ2) is 3.90. The average Bonchev–Trinajstić information content (AvgIpc) is 3.02. The molecule has 3 heterocycles. The molecule has 1 N–H and O–H groups in total. The van der Waals surface area contributed by atoms with E-state index in [9.17, 15) is 0 Å². The normalized spacial score (nSPS) is 11.4. The van der Waals surface area contributed by atoms with Crippen LogP contribution in [0.4, 0.5) is 0 Å². The summed E-state index contributed by atoms with van der Waals surface area (Å²) in [4.78, 5) is 12.3. The zero-order chi connectivity index (χ0) is 12.8. The Hall–Kier alpha value is -2.20. The number of fused-ring (bicyclic) bond motifs is 2. The second-order valence-electron chi connectivity index (χ2n) is 4.56. The third-order valence-corrected chi connectivity index (χ3v) is 4.30. The van der Waals surface area contributed by atoms with E-state index in [1.54, 1.807) is 17.5 Å². The van der Waals surface area contributed by atoms with Crippen LogP contribution in [-0.2, 0) is 0 Å². The van der Waals surface area contributed by atoms with E-state index in [1.165, 1.54) is 15.6 Å². The molecule has 19 heavy (non-hydrogen) atoms. The maximum atomic E-state index is 4.61. The van der Waals surface area contributed by atoms with Gasteiger partial charge in [0.1, 0.15) is 5.82 Å². The first-order valence-corrected chi connectivity index (χ1v) is 6.99. The topological polar surface area (TPSA) is 41.6 Å². The first-order valence-electron chi connectivity index (χ1n) is 6.11. The van der Waals surface area contributed by atoms with Crippen LogP contribution < -0.4 is 0 Å². The lowest BCUT2D eigenvalue weighted by Gasteiger charge is -1.94. The molecule has 0 aliphatic heterocycles. The van der Waals surface area contributed by atoms with Gasteiger partial charge in [-0.25, -0.2) is 9.97 Å². The van der Waals surface area contributed by atoms with Crippen molar-refractivity contribution < 1.29 is 0 Å².